The summed E-state index contributed by atoms with van der Waals surface area (Å²) in [6.45, 7) is 13.4. The maximum atomic E-state index is 3.46. The van der Waals surface area contributed by atoms with Crippen LogP contribution in [0, 0.1) is 20.8 Å². The molecule has 1 aromatic carbocycles. The van der Waals surface area contributed by atoms with Gasteiger partial charge in [0.05, 0.1) is 0 Å². The highest BCUT2D eigenvalue weighted by atomic mass is 32.2. The van der Waals surface area contributed by atoms with Crippen LogP contribution in [0.4, 0.5) is 0 Å². The van der Waals surface area contributed by atoms with Crippen LogP contribution in [-0.2, 0) is 0 Å². The highest BCUT2D eigenvalue weighted by Gasteiger charge is 2.17. The highest BCUT2D eigenvalue weighted by molar-refractivity contribution is 8.00. The molecule has 0 amide bonds. The molecule has 1 N–H and O–H groups in total. The van der Waals surface area contributed by atoms with Crippen molar-refractivity contribution in [1.82, 2.24) is 5.32 Å². The van der Waals surface area contributed by atoms with E-state index in [1.165, 1.54) is 22.3 Å². The van der Waals surface area contributed by atoms with Crippen LogP contribution in [0.2, 0.25) is 0 Å². The largest absolute Gasteiger partial charge is 0.312 e. The molecule has 1 rings (SSSR count). The van der Waals surface area contributed by atoms with Crippen molar-refractivity contribution in [2.24, 2.45) is 0 Å². The van der Waals surface area contributed by atoms with Crippen LogP contribution in [-0.4, -0.2) is 17.5 Å². The van der Waals surface area contributed by atoms with Gasteiger partial charge in [0.2, 0.25) is 0 Å². The van der Waals surface area contributed by atoms with Gasteiger partial charge >= 0.3 is 0 Å². The average molecular weight is 265 g/mol. The lowest BCUT2D eigenvalue weighted by Gasteiger charge is -2.24. The van der Waals surface area contributed by atoms with E-state index < -0.39 is 0 Å². The molecular formula is C16H27NS. The molecule has 0 spiro atoms. The van der Waals surface area contributed by atoms with Crippen molar-refractivity contribution in [3.63, 3.8) is 0 Å². The third-order valence-electron chi connectivity index (χ3n) is 3.29. The Morgan fingerprint density at radius 3 is 2.11 bits per heavy atom. The fraction of sp³-hybridized carbons (Fsp3) is 0.625. The summed E-state index contributed by atoms with van der Waals surface area (Å²) in [4.78, 5) is 0. The fourth-order valence-electron chi connectivity index (χ4n) is 2.02. The first-order chi connectivity index (χ1) is 8.24. The van der Waals surface area contributed by atoms with E-state index in [0.717, 1.165) is 5.75 Å². The Hall–Kier alpha value is -0.470. The number of thioether (sulfide) groups is 1. The van der Waals surface area contributed by atoms with Crippen LogP contribution >= 0.6 is 11.8 Å². The van der Waals surface area contributed by atoms with Crippen LogP contribution < -0.4 is 5.32 Å². The first-order valence-electron chi connectivity index (χ1n) is 6.63. The van der Waals surface area contributed by atoms with E-state index in [0.29, 0.717) is 10.8 Å². The van der Waals surface area contributed by atoms with Crippen molar-refractivity contribution in [2.75, 3.05) is 12.8 Å². The van der Waals surface area contributed by atoms with Crippen molar-refractivity contribution in [1.29, 1.82) is 0 Å². The van der Waals surface area contributed by atoms with E-state index in [2.05, 4.69) is 66.0 Å². The number of hydrogen-bond donors (Lipinski definition) is 1. The average Bonchev–Trinajstić information content (AvgIpc) is 2.24. The van der Waals surface area contributed by atoms with Crippen molar-refractivity contribution in [3.8, 4) is 0 Å². The molecule has 0 bridgehead atoms. The van der Waals surface area contributed by atoms with Gasteiger partial charge in [-0.1, -0.05) is 32.9 Å². The number of rotatable bonds is 4. The number of benzene rings is 1. The molecule has 0 heterocycles. The standard InChI is InChI=1S/C16H27NS/c1-11-8-13(3)14(9-12(11)2)15(17-7)10-18-16(4,5)6/h8-9,15,17H,10H2,1-7H3. The monoisotopic (exact) mass is 265 g/mol. The van der Waals surface area contributed by atoms with Crippen molar-refractivity contribution >= 4 is 11.8 Å². The lowest BCUT2D eigenvalue weighted by molar-refractivity contribution is 0.652. The van der Waals surface area contributed by atoms with Crippen molar-refractivity contribution in [2.45, 2.75) is 52.3 Å². The zero-order valence-electron chi connectivity index (χ0n) is 12.8. The van der Waals surface area contributed by atoms with Gasteiger partial charge in [-0.15, -0.1) is 0 Å². The second-order valence-corrected chi connectivity index (χ2v) is 7.90. The van der Waals surface area contributed by atoms with E-state index >= 15 is 0 Å². The minimum absolute atomic E-state index is 0.322. The molecule has 1 aromatic rings. The first-order valence-corrected chi connectivity index (χ1v) is 7.62. The summed E-state index contributed by atoms with van der Waals surface area (Å²) in [6, 6.07) is 5.08. The van der Waals surface area contributed by atoms with Gasteiger partial charge in [0.15, 0.2) is 0 Å². The van der Waals surface area contributed by atoms with Gasteiger partial charge in [0.25, 0.3) is 0 Å². The van der Waals surface area contributed by atoms with Gasteiger partial charge in [-0.05, 0) is 50.1 Å². The molecule has 0 saturated heterocycles. The van der Waals surface area contributed by atoms with E-state index in [1.54, 1.807) is 0 Å². The second-order valence-electron chi connectivity index (χ2n) is 6.06. The maximum absolute atomic E-state index is 3.46. The van der Waals surface area contributed by atoms with Gasteiger partial charge in [0, 0.05) is 16.5 Å². The molecule has 0 aromatic heterocycles. The SMILES string of the molecule is CNC(CSC(C)(C)C)c1cc(C)c(C)cc1C. The van der Waals surface area contributed by atoms with Crippen LogP contribution in [0.3, 0.4) is 0 Å². The van der Waals surface area contributed by atoms with Gasteiger partial charge in [-0.3, -0.25) is 0 Å². The van der Waals surface area contributed by atoms with Crippen molar-refractivity contribution < 1.29 is 0 Å². The lowest BCUT2D eigenvalue weighted by atomic mass is 9.96. The number of hydrogen-bond acceptors (Lipinski definition) is 2. The molecule has 18 heavy (non-hydrogen) atoms. The minimum Gasteiger partial charge on any atom is -0.312 e. The molecule has 0 radical (unpaired) electrons. The number of nitrogens with one attached hydrogen (secondary N) is 1. The summed E-state index contributed by atoms with van der Waals surface area (Å²) < 4.78 is 0.322. The first kappa shape index (κ1) is 15.6. The molecule has 0 saturated carbocycles. The predicted molar refractivity (Wildman–Crippen MR) is 84.7 cm³/mol. The summed E-state index contributed by atoms with van der Waals surface area (Å²) in [5.74, 6) is 1.11. The van der Waals surface area contributed by atoms with Crippen LogP contribution in [0.5, 0.6) is 0 Å². The van der Waals surface area contributed by atoms with Crippen LogP contribution in [0.15, 0.2) is 12.1 Å². The maximum Gasteiger partial charge on any atom is 0.0412 e. The van der Waals surface area contributed by atoms with Gasteiger partial charge in [0.1, 0.15) is 0 Å². The molecule has 2 heteroatoms. The van der Waals surface area contributed by atoms with Gasteiger partial charge < -0.3 is 5.32 Å². The Morgan fingerprint density at radius 2 is 1.61 bits per heavy atom. The fourth-order valence-corrected chi connectivity index (χ4v) is 3.03. The normalized spacial score (nSPS) is 13.7. The Morgan fingerprint density at radius 1 is 1.06 bits per heavy atom. The highest BCUT2D eigenvalue weighted by Crippen LogP contribution is 2.30. The zero-order chi connectivity index (χ0) is 13.9. The Labute approximate surface area is 117 Å². The second kappa shape index (κ2) is 6.12. The summed E-state index contributed by atoms with van der Waals surface area (Å²) in [5, 5.41) is 3.46. The molecule has 1 atom stereocenters. The quantitative estimate of drug-likeness (QED) is 0.865. The third kappa shape index (κ3) is 4.33. The molecule has 0 fully saturated rings. The molecule has 1 nitrogen and oxygen atoms in total. The topological polar surface area (TPSA) is 12.0 Å². The van der Waals surface area contributed by atoms with Crippen LogP contribution in [0.1, 0.15) is 49.1 Å². The lowest BCUT2D eigenvalue weighted by Crippen LogP contribution is -2.22. The number of aryl methyl sites for hydroxylation is 3. The van der Waals surface area contributed by atoms with Gasteiger partial charge in [-0.2, -0.15) is 11.8 Å². The molecule has 0 aliphatic carbocycles. The van der Waals surface area contributed by atoms with Crippen molar-refractivity contribution in [3.05, 3.63) is 34.4 Å². The molecule has 0 aliphatic heterocycles. The smallest absolute Gasteiger partial charge is 0.0412 e. The Bertz CT molecular complexity index is 404. The van der Waals surface area contributed by atoms with E-state index in [9.17, 15) is 0 Å². The summed E-state index contributed by atoms with van der Waals surface area (Å²) in [7, 11) is 2.06. The zero-order valence-corrected chi connectivity index (χ0v) is 13.7. The summed E-state index contributed by atoms with van der Waals surface area (Å²) in [5.41, 5.74) is 5.61. The molecule has 0 aliphatic rings. The molecule has 102 valence electrons. The summed E-state index contributed by atoms with van der Waals surface area (Å²) in [6.07, 6.45) is 0. The minimum atomic E-state index is 0.322. The molecular weight excluding hydrogens is 238 g/mol. The Kier molecular flexibility index (Phi) is 5.30. The predicted octanol–water partition coefficient (Wildman–Crippen LogP) is 4.40. The molecule has 1 unspecified atom stereocenters. The van der Waals surface area contributed by atoms with Gasteiger partial charge in [-0.25, -0.2) is 0 Å². The van der Waals surface area contributed by atoms with E-state index in [1.807, 2.05) is 11.8 Å². The third-order valence-corrected chi connectivity index (χ3v) is 4.66. The summed E-state index contributed by atoms with van der Waals surface area (Å²) >= 11 is 2.02. The Balaban J connectivity index is 2.92. The van der Waals surface area contributed by atoms with E-state index in [-0.39, 0.29) is 0 Å². The van der Waals surface area contributed by atoms with Crippen LogP contribution in [0.25, 0.3) is 0 Å². The van der Waals surface area contributed by atoms with E-state index in [4.69, 9.17) is 0 Å².